The van der Waals surface area contributed by atoms with Crippen molar-refractivity contribution < 1.29 is 22.7 Å². The maximum atomic E-state index is 12.7. The fourth-order valence-electron chi connectivity index (χ4n) is 4.46. The third-order valence-electron chi connectivity index (χ3n) is 5.63. The molecule has 0 unspecified atom stereocenters. The van der Waals surface area contributed by atoms with Crippen LogP contribution < -0.4 is 9.21 Å². The van der Waals surface area contributed by atoms with Crippen LogP contribution in [0.1, 0.15) is 35.3 Å². The zero-order valence-corrected chi connectivity index (χ0v) is 18.0. The minimum absolute atomic E-state index is 0.0112. The SMILES string of the molecule is C[C@@H]1Cc2ccccc2N1C(=O)COC(=O)c1ccc2c(c1)C[C@@H](C)N2S(C)(=O)=O. The van der Waals surface area contributed by atoms with Gasteiger partial charge < -0.3 is 9.64 Å². The Bertz CT molecular complexity index is 1130. The van der Waals surface area contributed by atoms with Gasteiger partial charge in [-0.15, -0.1) is 0 Å². The maximum absolute atomic E-state index is 12.7. The van der Waals surface area contributed by atoms with E-state index in [0.29, 0.717) is 17.7 Å². The number of hydrogen-bond acceptors (Lipinski definition) is 5. The van der Waals surface area contributed by atoms with E-state index in [1.54, 1.807) is 17.0 Å². The lowest BCUT2D eigenvalue weighted by Gasteiger charge is -2.22. The second kappa shape index (κ2) is 7.43. The summed E-state index contributed by atoms with van der Waals surface area (Å²) in [5.41, 5.74) is 3.63. The average molecular weight is 429 g/mol. The van der Waals surface area contributed by atoms with Crippen molar-refractivity contribution in [1.82, 2.24) is 0 Å². The largest absolute Gasteiger partial charge is 0.452 e. The van der Waals surface area contributed by atoms with E-state index in [9.17, 15) is 18.0 Å². The smallest absolute Gasteiger partial charge is 0.338 e. The summed E-state index contributed by atoms with van der Waals surface area (Å²) in [7, 11) is -3.39. The first-order valence-corrected chi connectivity index (χ1v) is 11.7. The van der Waals surface area contributed by atoms with Gasteiger partial charge in [-0.05, 0) is 62.1 Å². The summed E-state index contributed by atoms with van der Waals surface area (Å²) in [5.74, 6) is -0.865. The molecule has 0 aromatic heterocycles. The number of amides is 1. The van der Waals surface area contributed by atoms with Crippen LogP contribution in [0, 0.1) is 0 Å². The van der Waals surface area contributed by atoms with E-state index in [1.165, 1.54) is 16.6 Å². The van der Waals surface area contributed by atoms with Gasteiger partial charge in [0.1, 0.15) is 0 Å². The molecule has 2 aliphatic heterocycles. The van der Waals surface area contributed by atoms with Gasteiger partial charge in [0, 0.05) is 17.8 Å². The molecule has 0 saturated heterocycles. The van der Waals surface area contributed by atoms with E-state index in [1.807, 2.05) is 38.1 Å². The Morgan fingerprint density at radius 1 is 1.00 bits per heavy atom. The highest BCUT2D eigenvalue weighted by Gasteiger charge is 2.34. The minimum atomic E-state index is -3.39. The van der Waals surface area contributed by atoms with E-state index < -0.39 is 16.0 Å². The van der Waals surface area contributed by atoms with Gasteiger partial charge in [0.2, 0.25) is 10.0 Å². The number of para-hydroxylation sites is 1. The number of rotatable bonds is 4. The Balaban J connectivity index is 1.46. The summed E-state index contributed by atoms with van der Waals surface area (Å²) >= 11 is 0. The molecule has 1 amide bonds. The number of hydrogen-bond donors (Lipinski definition) is 0. The summed E-state index contributed by atoms with van der Waals surface area (Å²) in [4.78, 5) is 26.9. The number of benzene rings is 2. The van der Waals surface area contributed by atoms with Crippen molar-refractivity contribution in [3.63, 3.8) is 0 Å². The van der Waals surface area contributed by atoms with Crippen LogP contribution >= 0.6 is 0 Å². The molecule has 0 spiro atoms. The highest BCUT2D eigenvalue weighted by atomic mass is 32.2. The van der Waals surface area contributed by atoms with Gasteiger partial charge in [-0.3, -0.25) is 9.10 Å². The third kappa shape index (κ3) is 3.56. The fourth-order valence-corrected chi connectivity index (χ4v) is 5.72. The molecule has 0 radical (unpaired) electrons. The molecule has 2 atom stereocenters. The van der Waals surface area contributed by atoms with Gasteiger partial charge in [-0.2, -0.15) is 0 Å². The number of ether oxygens (including phenoxy) is 1. The lowest BCUT2D eigenvalue weighted by molar-refractivity contribution is -0.122. The number of sulfonamides is 1. The number of fused-ring (bicyclic) bond motifs is 2. The van der Waals surface area contributed by atoms with Crippen molar-refractivity contribution in [3.05, 3.63) is 59.2 Å². The molecule has 0 aliphatic carbocycles. The Morgan fingerprint density at radius 2 is 1.70 bits per heavy atom. The molecule has 2 aliphatic rings. The monoisotopic (exact) mass is 428 g/mol. The van der Waals surface area contributed by atoms with Gasteiger partial charge in [0.05, 0.1) is 17.5 Å². The van der Waals surface area contributed by atoms with Crippen LogP contribution in [0.2, 0.25) is 0 Å². The summed E-state index contributed by atoms with van der Waals surface area (Å²) in [6, 6.07) is 12.3. The first kappa shape index (κ1) is 20.4. The molecule has 0 N–H and O–H groups in total. The molecular weight excluding hydrogens is 404 g/mol. The normalized spacial score (nSPS) is 20.1. The molecule has 7 nitrogen and oxygen atoms in total. The topological polar surface area (TPSA) is 84.0 Å². The van der Waals surface area contributed by atoms with Gasteiger partial charge in [0.15, 0.2) is 6.61 Å². The van der Waals surface area contributed by atoms with Crippen molar-refractivity contribution in [3.8, 4) is 0 Å². The zero-order chi connectivity index (χ0) is 21.6. The molecule has 0 fully saturated rings. The van der Waals surface area contributed by atoms with E-state index in [-0.39, 0.29) is 24.6 Å². The third-order valence-corrected chi connectivity index (χ3v) is 6.90. The lowest BCUT2D eigenvalue weighted by atomic mass is 10.1. The average Bonchev–Trinajstić information content (AvgIpc) is 3.19. The molecular formula is C22H24N2O5S. The van der Waals surface area contributed by atoms with Gasteiger partial charge in [0.25, 0.3) is 5.91 Å². The second-order valence-electron chi connectivity index (χ2n) is 7.98. The van der Waals surface area contributed by atoms with Crippen LogP contribution in [-0.4, -0.2) is 45.2 Å². The van der Waals surface area contributed by atoms with Crippen molar-refractivity contribution in [2.45, 2.75) is 38.8 Å². The van der Waals surface area contributed by atoms with E-state index in [2.05, 4.69) is 0 Å². The Labute approximate surface area is 176 Å². The molecule has 2 heterocycles. The number of nitrogens with zero attached hydrogens (tertiary/aromatic N) is 2. The van der Waals surface area contributed by atoms with Crippen molar-refractivity contribution in [2.75, 3.05) is 22.1 Å². The molecule has 2 aromatic rings. The molecule has 0 saturated carbocycles. The number of carbonyl (C=O) groups excluding carboxylic acids is 2. The number of esters is 1. The molecule has 0 bridgehead atoms. The van der Waals surface area contributed by atoms with Crippen LogP contribution in [-0.2, 0) is 32.4 Å². The predicted molar refractivity (Wildman–Crippen MR) is 114 cm³/mol. The maximum Gasteiger partial charge on any atom is 0.338 e. The van der Waals surface area contributed by atoms with E-state index in [0.717, 1.165) is 23.2 Å². The summed E-state index contributed by atoms with van der Waals surface area (Å²) < 4.78 is 30.7. The van der Waals surface area contributed by atoms with E-state index in [4.69, 9.17) is 4.74 Å². The molecule has 30 heavy (non-hydrogen) atoms. The second-order valence-corrected chi connectivity index (χ2v) is 9.84. The first-order chi connectivity index (χ1) is 14.2. The number of carbonyl (C=O) groups is 2. The summed E-state index contributed by atoms with van der Waals surface area (Å²) in [6.45, 7) is 3.45. The van der Waals surface area contributed by atoms with Crippen LogP contribution in [0.3, 0.4) is 0 Å². The highest BCUT2D eigenvalue weighted by molar-refractivity contribution is 7.92. The van der Waals surface area contributed by atoms with Crippen molar-refractivity contribution >= 4 is 33.3 Å². The molecule has 2 aromatic carbocycles. The van der Waals surface area contributed by atoms with Crippen LogP contribution in [0.4, 0.5) is 11.4 Å². The zero-order valence-electron chi connectivity index (χ0n) is 17.2. The Kier molecular flexibility index (Phi) is 5.05. The Morgan fingerprint density at radius 3 is 2.43 bits per heavy atom. The van der Waals surface area contributed by atoms with Gasteiger partial charge >= 0.3 is 5.97 Å². The molecule has 158 valence electrons. The van der Waals surface area contributed by atoms with Gasteiger partial charge in [-0.25, -0.2) is 13.2 Å². The summed E-state index contributed by atoms with van der Waals surface area (Å²) in [6.07, 6.45) is 2.46. The first-order valence-electron chi connectivity index (χ1n) is 9.86. The van der Waals surface area contributed by atoms with Crippen LogP contribution in [0.15, 0.2) is 42.5 Å². The summed E-state index contributed by atoms with van der Waals surface area (Å²) in [5, 5.41) is 0. The lowest BCUT2D eigenvalue weighted by Crippen LogP contribution is -2.38. The minimum Gasteiger partial charge on any atom is -0.452 e. The fraction of sp³-hybridized carbons (Fsp3) is 0.364. The van der Waals surface area contributed by atoms with Crippen LogP contribution in [0.25, 0.3) is 0 Å². The quantitative estimate of drug-likeness (QED) is 0.699. The highest BCUT2D eigenvalue weighted by Crippen LogP contribution is 2.35. The standard InChI is InChI=1S/C22H24N2O5S/c1-14-10-16-6-4-5-7-19(16)23(14)21(25)13-29-22(26)17-8-9-20-18(12-17)11-15(2)24(20)30(3,27)28/h4-9,12,14-15H,10-11,13H2,1-3H3/t14-,15-/m1/s1. The van der Waals surface area contributed by atoms with Gasteiger partial charge in [-0.1, -0.05) is 18.2 Å². The molecule has 4 rings (SSSR count). The van der Waals surface area contributed by atoms with Crippen molar-refractivity contribution in [1.29, 1.82) is 0 Å². The van der Waals surface area contributed by atoms with Crippen molar-refractivity contribution in [2.24, 2.45) is 0 Å². The van der Waals surface area contributed by atoms with Crippen LogP contribution in [0.5, 0.6) is 0 Å². The Hall–Kier alpha value is -2.87. The van der Waals surface area contributed by atoms with E-state index >= 15 is 0 Å². The molecule has 8 heteroatoms. The number of anilines is 2. The predicted octanol–water partition coefficient (Wildman–Crippen LogP) is 2.53.